The standard InChI is InChI=1S/C56H43NO/c1-37(2)53-35-42(39-14-6-4-7-15-39)24-29-49(53)46-31-28-45(34-38(46)3)57(54-33-32-47(41-16-8-5-9-17-41)48-18-10-11-19-50(48)54)44-26-22-40(23-27-44)43-25-30-52-51-20-12-13-21-55(51)58-56(52)36-43/h4-37H,1-3H3. The molecule has 278 valence electrons. The molecule has 0 aliphatic heterocycles. The van der Waals surface area contributed by atoms with E-state index in [0.717, 1.165) is 50.1 Å². The minimum absolute atomic E-state index is 0.370. The Hall–Kier alpha value is -7.16. The summed E-state index contributed by atoms with van der Waals surface area (Å²) >= 11 is 0. The summed E-state index contributed by atoms with van der Waals surface area (Å²) in [6.07, 6.45) is 0. The van der Waals surface area contributed by atoms with Gasteiger partial charge in [0.1, 0.15) is 11.2 Å². The number of para-hydroxylation sites is 1. The van der Waals surface area contributed by atoms with Crippen LogP contribution in [0.2, 0.25) is 0 Å². The van der Waals surface area contributed by atoms with E-state index in [2.05, 4.69) is 214 Å². The van der Waals surface area contributed by atoms with Crippen LogP contribution < -0.4 is 4.90 Å². The van der Waals surface area contributed by atoms with Gasteiger partial charge in [0.15, 0.2) is 0 Å². The highest BCUT2D eigenvalue weighted by Crippen LogP contribution is 2.44. The molecule has 0 spiro atoms. The highest BCUT2D eigenvalue weighted by atomic mass is 16.3. The van der Waals surface area contributed by atoms with Crippen LogP contribution in [-0.4, -0.2) is 0 Å². The summed E-state index contributed by atoms with van der Waals surface area (Å²) in [5, 5.41) is 4.70. The molecule has 0 bridgehead atoms. The normalized spacial score (nSPS) is 11.5. The number of aryl methyl sites for hydroxylation is 1. The molecule has 0 unspecified atom stereocenters. The van der Waals surface area contributed by atoms with Gasteiger partial charge in [-0.2, -0.15) is 0 Å². The van der Waals surface area contributed by atoms with E-state index < -0.39 is 0 Å². The van der Waals surface area contributed by atoms with Gasteiger partial charge < -0.3 is 9.32 Å². The van der Waals surface area contributed by atoms with Crippen LogP contribution in [0.3, 0.4) is 0 Å². The van der Waals surface area contributed by atoms with E-state index in [1.807, 2.05) is 12.1 Å². The summed E-state index contributed by atoms with van der Waals surface area (Å²) in [4.78, 5) is 2.42. The molecule has 10 aromatic rings. The smallest absolute Gasteiger partial charge is 0.136 e. The first-order valence-corrected chi connectivity index (χ1v) is 20.2. The monoisotopic (exact) mass is 745 g/mol. The van der Waals surface area contributed by atoms with E-state index in [1.165, 1.54) is 55.3 Å². The fourth-order valence-electron chi connectivity index (χ4n) is 8.67. The van der Waals surface area contributed by atoms with Gasteiger partial charge in [-0.15, -0.1) is 0 Å². The van der Waals surface area contributed by atoms with Crippen LogP contribution in [0, 0.1) is 6.92 Å². The van der Waals surface area contributed by atoms with Crippen LogP contribution >= 0.6 is 0 Å². The minimum Gasteiger partial charge on any atom is -0.456 e. The molecule has 0 fully saturated rings. The number of nitrogens with zero attached hydrogens (tertiary/aromatic N) is 1. The highest BCUT2D eigenvalue weighted by Gasteiger charge is 2.20. The van der Waals surface area contributed by atoms with Gasteiger partial charge in [-0.3, -0.25) is 0 Å². The zero-order chi connectivity index (χ0) is 39.2. The molecular formula is C56H43NO. The first kappa shape index (κ1) is 35.3. The van der Waals surface area contributed by atoms with Crippen molar-refractivity contribution in [1.82, 2.24) is 0 Å². The largest absolute Gasteiger partial charge is 0.456 e. The lowest BCUT2D eigenvalue weighted by Gasteiger charge is -2.28. The van der Waals surface area contributed by atoms with Gasteiger partial charge >= 0.3 is 0 Å². The van der Waals surface area contributed by atoms with Crippen LogP contribution in [0.4, 0.5) is 17.1 Å². The molecule has 0 saturated carbocycles. The third kappa shape index (κ3) is 6.33. The predicted octanol–water partition coefficient (Wildman–Crippen LogP) is 16.3. The molecule has 10 rings (SSSR count). The summed E-state index contributed by atoms with van der Waals surface area (Å²) in [5.74, 6) is 0.370. The van der Waals surface area contributed by atoms with Gasteiger partial charge in [0.05, 0.1) is 5.69 Å². The van der Waals surface area contributed by atoms with Gasteiger partial charge in [0, 0.05) is 27.5 Å². The third-order valence-corrected chi connectivity index (χ3v) is 11.6. The van der Waals surface area contributed by atoms with Crippen molar-refractivity contribution in [2.75, 3.05) is 4.90 Å². The molecule has 0 N–H and O–H groups in total. The third-order valence-electron chi connectivity index (χ3n) is 11.6. The van der Waals surface area contributed by atoms with E-state index in [1.54, 1.807) is 0 Å². The molecule has 0 saturated heterocycles. The van der Waals surface area contributed by atoms with E-state index in [-0.39, 0.29) is 0 Å². The second-order valence-corrected chi connectivity index (χ2v) is 15.6. The van der Waals surface area contributed by atoms with Crippen LogP contribution in [-0.2, 0) is 0 Å². The highest BCUT2D eigenvalue weighted by molar-refractivity contribution is 6.07. The Morgan fingerprint density at radius 2 is 0.931 bits per heavy atom. The van der Waals surface area contributed by atoms with Crippen molar-refractivity contribution >= 4 is 49.8 Å². The Morgan fingerprint density at radius 3 is 1.67 bits per heavy atom. The summed E-state index contributed by atoms with van der Waals surface area (Å²) < 4.78 is 6.27. The van der Waals surface area contributed by atoms with Gasteiger partial charge in [0.2, 0.25) is 0 Å². The Kier molecular flexibility index (Phi) is 8.96. The topological polar surface area (TPSA) is 16.4 Å². The Bertz CT molecular complexity index is 3080. The summed E-state index contributed by atoms with van der Waals surface area (Å²) in [5.41, 5.74) is 17.5. The zero-order valence-corrected chi connectivity index (χ0v) is 33.0. The van der Waals surface area contributed by atoms with Crippen LogP contribution in [0.25, 0.3) is 77.2 Å². The molecule has 9 aromatic carbocycles. The molecule has 58 heavy (non-hydrogen) atoms. The number of benzene rings is 9. The van der Waals surface area contributed by atoms with Crippen molar-refractivity contribution < 1.29 is 4.42 Å². The molecule has 2 nitrogen and oxygen atoms in total. The van der Waals surface area contributed by atoms with Gasteiger partial charge in [-0.05, 0) is 122 Å². The zero-order valence-electron chi connectivity index (χ0n) is 33.0. The van der Waals surface area contributed by atoms with Crippen molar-refractivity contribution in [2.24, 2.45) is 0 Å². The summed E-state index contributed by atoms with van der Waals surface area (Å²) in [7, 11) is 0. The molecule has 1 aromatic heterocycles. The van der Waals surface area contributed by atoms with E-state index >= 15 is 0 Å². The first-order valence-electron chi connectivity index (χ1n) is 20.2. The quantitative estimate of drug-likeness (QED) is 0.154. The maximum Gasteiger partial charge on any atom is 0.136 e. The molecule has 2 heteroatoms. The lowest BCUT2D eigenvalue weighted by Crippen LogP contribution is -2.11. The molecule has 0 aliphatic carbocycles. The van der Waals surface area contributed by atoms with Crippen molar-refractivity contribution in [3.05, 3.63) is 211 Å². The maximum atomic E-state index is 6.27. The SMILES string of the molecule is Cc1cc(N(c2ccc(-c3ccc4c(c3)oc3ccccc34)cc2)c2ccc(-c3ccccc3)c3ccccc23)ccc1-c1ccc(-c2ccccc2)cc1C(C)C. The molecule has 1 heterocycles. The van der Waals surface area contributed by atoms with Crippen molar-refractivity contribution in [3.8, 4) is 44.5 Å². The fraction of sp³-hybridized carbons (Fsp3) is 0.0714. The van der Waals surface area contributed by atoms with Crippen molar-refractivity contribution in [1.29, 1.82) is 0 Å². The molecule has 0 aliphatic rings. The minimum atomic E-state index is 0.370. The number of anilines is 3. The lowest BCUT2D eigenvalue weighted by molar-refractivity contribution is 0.669. The summed E-state index contributed by atoms with van der Waals surface area (Å²) in [6, 6.07) is 72.4. The molecule has 0 amide bonds. The average Bonchev–Trinajstić information content (AvgIpc) is 3.65. The van der Waals surface area contributed by atoms with Gasteiger partial charge in [0.25, 0.3) is 0 Å². The van der Waals surface area contributed by atoms with Gasteiger partial charge in [-0.1, -0.05) is 166 Å². The van der Waals surface area contributed by atoms with Gasteiger partial charge in [-0.25, -0.2) is 0 Å². The Morgan fingerprint density at radius 1 is 0.379 bits per heavy atom. The van der Waals surface area contributed by atoms with Crippen LogP contribution in [0.5, 0.6) is 0 Å². The van der Waals surface area contributed by atoms with E-state index in [9.17, 15) is 0 Å². The second-order valence-electron chi connectivity index (χ2n) is 15.6. The van der Waals surface area contributed by atoms with E-state index in [0.29, 0.717) is 5.92 Å². The Balaban J connectivity index is 1.09. The van der Waals surface area contributed by atoms with Crippen LogP contribution in [0.1, 0.15) is 30.9 Å². The van der Waals surface area contributed by atoms with E-state index in [4.69, 9.17) is 4.42 Å². The Labute approximate surface area is 340 Å². The number of fused-ring (bicyclic) bond motifs is 4. The summed E-state index contributed by atoms with van der Waals surface area (Å²) in [6.45, 7) is 6.84. The molecular weight excluding hydrogens is 703 g/mol. The fourth-order valence-corrected chi connectivity index (χ4v) is 8.67. The van der Waals surface area contributed by atoms with Crippen molar-refractivity contribution in [3.63, 3.8) is 0 Å². The van der Waals surface area contributed by atoms with Crippen molar-refractivity contribution in [2.45, 2.75) is 26.7 Å². The first-order chi connectivity index (χ1) is 28.5. The average molecular weight is 746 g/mol. The number of hydrogen-bond acceptors (Lipinski definition) is 2. The number of hydrogen-bond donors (Lipinski definition) is 0. The van der Waals surface area contributed by atoms with Crippen LogP contribution in [0.15, 0.2) is 205 Å². The molecule has 0 radical (unpaired) electrons. The molecule has 0 atom stereocenters. The maximum absolute atomic E-state index is 6.27. The number of furan rings is 1. The predicted molar refractivity (Wildman–Crippen MR) is 246 cm³/mol. The second kappa shape index (κ2) is 14.7. The lowest BCUT2D eigenvalue weighted by atomic mass is 9.87. The number of rotatable bonds is 8.